The van der Waals surface area contributed by atoms with Crippen molar-refractivity contribution < 1.29 is 27.9 Å². The molecule has 3 N–H and O–H groups in total. The van der Waals surface area contributed by atoms with Crippen molar-refractivity contribution in [2.45, 2.75) is 37.9 Å². The minimum Gasteiger partial charge on any atom is -0.481 e. The highest BCUT2D eigenvalue weighted by atomic mass is 19.4. The van der Waals surface area contributed by atoms with E-state index in [-0.39, 0.29) is 6.04 Å². The van der Waals surface area contributed by atoms with Crippen molar-refractivity contribution in [2.24, 2.45) is 5.92 Å². The summed E-state index contributed by atoms with van der Waals surface area (Å²) in [5.74, 6) is -1.92. The van der Waals surface area contributed by atoms with Crippen LogP contribution >= 0.6 is 0 Å². The zero-order valence-corrected chi connectivity index (χ0v) is 10.3. The second-order valence-electron chi connectivity index (χ2n) is 4.68. The van der Waals surface area contributed by atoms with Gasteiger partial charge in [0.25, 0.3) is 0 Å². The molecule has 1 fully saturated rings. The van der Waals surface area contributed by atoms with E-state index in [2.05, 4.69) is 5.32 Å². The van der Waals surface area contributed by atoms with Gasteiger partial charge in [-0.25, -0.2) is 0 Å². The van der Waals surface area contributed by atoms with Gasteiger partial charge < -0.3 is 15.7 Å². The van der Waals surface area contributed by atoms with Crippen LogP contribution in [0.2, 0.25) is 0 Å². The van der Waals surface area contributed by atoms with Gasteiger partial charge in [0.15, 0.2) is 0 Å². The maximum absolute atomic E-state index is 11.8. The Bertz CT molecular complexity index is 334. The molecule has 1 saturated carbocycles. The molecular weight excluding hydrogens is 265 g/mol. The van der Waals surface area contributed by atoms with Gasteiger partial charge in [0.05, 0.1) is 19.0 Å². The number of carbonyl (C=O) groups excluding carboxylic acids is 1. The molecule has 0 saturated heterocycles. The van der Waals surface area contributed by atoms with Crippen LogP contribution in [0.25, 0.3) is 0 Å². The van der Waals surface area contributed by atoms with Crippen LogP contribution in [0.4, 0.5) is 13.2 Å². The lowest BCUT2D eigenvalue weighted by Crippen LogP contribution is -2.44. The highest BCUT2D eigenvalue weighted by Crippen LogP contribution is 2.24. The molecule has 1 amide bonds. The van der Waals surface area contributed by atoms with Crippen molar-refractivity contribution in [3.8, 4) is 0 Å². The topological polar surface area (TPSA) is 78.4 Å². The number of aliphatic carboxylic acids is 1. The maximum Gasteiger partial charge on any atom is 0.401 e. The number of alkyl halides is 3. The fraction of sp³-hybridized carbons (Fsp3) is 0.818. The van der Waals surface area contributed by atoms with Crippen molar-refractivity contribution in [3.63, 3.8) is 0 Å². The van der Waals surface area contributed by atoms with Gasteiger partial charge in [-0.3, -0.25) is 9.59 Å². The molecule has 19 heavy (non-hydrogen) atoms. The molecule has 110 valence electrons. The van der Waals surface area contributed by atoms with Crippen LogP contribution in [0.3, 0.4) is 0 Å². The highest BCUT2D eigenvalue weighted by Gasteiger charge is 2.29. The summed E-state index contributed by atoms with van der Waals surface area (Å²) in [7, 11) is 0. The molecule has 0 bridgehead atoms. The van der Waals surface area contributed by atoms with Gasteiger partial charge in [0.2, 0.25) is 5.91 Å². The SMILES string of the molecule is O=C(CNCC(F)(F)F)NC1CCCC(C(=O)O)C1. The maximum atomic E-state index is 11.8. The monoisotopic (exact) mass is 282 g/mol. The largest absolute Gasteiger partial charge is 0.481 e. The standard InChI is InChI=1S/C11H17F3N2O3/c12-11(13,14)6-15-5-9(17)16-8-3-1-2-7(4-8)10(18)19/h7-8,15H,1-6H2,(H,16,17)(H,18,19). The van der Waals surface area contributed by atoms with E-state index in [1.165, 1.54) is 0 Å². The summed E-state index contributed by atoms with van der Waals surface area (Å²) in [6, 6.07) is -0.268. The number of rotatable bonds is 5. The summed E-state index contributed by atoms with van der Waals surface area (Å²) >= 11 is 0. The lowest BCUT2D eigenvalue weighted by Gasteiger charge is -2.27. The smallest absolute Gasteiger partial charge is 0.401 e. The van der Waals surface area contributed by atoms with Gasteiger partial charge in [-0.2, -0.15) is 13.2 Å². The third-order valence-corrected chi connectivity index (χ3v) is 3.00. The molecular formula is C11H17F3N2O3. The Morgan fingerprint density at radius 2 is 1.95 bits per heavy atom. The van der Waals surface area contributed by atoms with Crippen LogP contribution in [-0.4, -0.2) is 42.3 Å². The molecule has 0 aromatic heterocycles. The van der Waals surface area contributed by atoms with Crippen molar-refractivity contribution in [1.82, 2.24) is 10.6 Å². The minimum absolute atomic E-state index is 0.268. The summed E-state index contributed by atoms with van der Waals surface area (Å²) < 4.78 is 35.5. The molecule has 0 radical (unpaired) electrons. The normalized spacial score (nSPS) is 23.9. The van der Waals surface area contributed by atoms with Crippen LogP contribution in [0.15, 0.2) is 0 Å². The van der Waals surface area contributed by atoms with E-state index in [1.807, 2.05) is 5.32 Å². The van der Waals surface area contributed by atoms with Crippen LogP contribution in [0.1, 0.15) is 25.7 Å². The first kappa shape index (κ1) is 15.7. The van der Waals surface area contributed by atoms with E-state index >= 15 is 0 Å². The van der Waals surface area contributed by atoms with Gasteiger partial charge in [0, 0.05) is 6.04 Å². The number of halogens is 3. The summed E-state index contributed by atoms with van der Waals surface area (Å²) in [5, 5.41) is 13.4. The fourth-order valence-corrected chi connectivity index (χ4v) is 2.14. The number of hydrogen-bond acceptors (Lipinski definition) is 3. The highest BCUT2D eigenvalue weighted by molar-refractivity contribution is 5.78. The first-order valence-electron chi connectivity index (χ1n) is 6.07. The molecule has 0 spiro atoms. The van der Waals surface area contributed by atoms with Crippen molar-refractivity contribution in [1.29, 1.82) is 0 Å². The van der Waals surface area contributed by atoms with Gasteiger partial charge in [-0.1, -0.05) is 6.42 Å². The summed E-state index contributed by atoms with van der Waals surface area (Å²) in [4.78, 5) is 22.2. The molecule has 0 aromatic rings. The van der Waals surface area contributed by atoms with Gasteiger partial charge in [-0.15, -0.1) is 0 Å². The Kier molecular flexibility index (Phi) is 5.59. The first-order valence-corrected chi connectivity index (χ1v) is 6.07. The van der Waals surface area contributed by atoms with E-state index in [1.54, 1.807) is 0 Å². The summed E-state index contributed by atoms with van der Waals surface area (Å²) in [6.07, 6.45) is -2.08. The first-order chi connectivity index (χ1) is 8.78. The lowest BCUT2D eigenvalue weighted by atomic mass is 9.86. The van der Waals surface area contributed by atoms with E-state index in [0.29, 0.717) is 25.7 Å². The molecule has 0 heterocycles. The Balaban J connectivity index is 2.26. The van der Waals surface area contributed by atoms with Crippen molar-refractivity contribution in [2.75, 3.05) is 13.1 Å². The van der Waals surface area contributed by atoms with Crippen LogP contribution < -0.4 is 10.6 Å². The molecule has 0 aromatic carbocycles. The molecule has 2 atom stereocenters. The van der Waals surface area contributed by atoms with E-state index in [9.17, 15) is 22.8 Å². The Morgan fingerprint density at radius 3 is 2.53 bits per heavy atom. The number of carboxylic acid groups (broad SMARTS) is 1. The second-order valence-corrected chi connectivity index (χ2v) is 4.68. The zero-order valence-electron chi connectivity index (χ0n) is 10.3. The van der Waals surface area contributed by atoms with E-state index in [0.717, 1.165) is 0 Å². The molecule has 8 heteroatoms. The van der Waals surface area contributed by atoms with E-state index in [4.69, 9.17) is 5.11 Å². The fourth-order valence-electron chi connectivity index (χ4n) is 2.14. The third-order valence-electron chi connectivity index (χ3n) is 3.00. The second kappa shape index (κ2) is 6.74. The average Bonchev–Trinajstić information content (AvgIpc) is 2.27. The average molecular weight is 282 g/mol. The predicted octanol–water partition coefficient (Wildman–Crippen LogP) is 0.898. The van der Waals surface area contributed by atoms with Gasteiger partial charge >= 0.3 is 12.1 Å². The van der Waals surface area contributed by atoms with Crippen LogP contribution in [0.5, 0.6) is 0 Å². The van der Waals surface area contributed by atoms with Crippen molar-refractivity contribution >= 4 is 11.9 Å². The number of carbonyl (C=O) groups is 2. The molecule has 5 nitrogen and oxygen atoms in total. The molecule has 2 unspecified atom stereocenters. The quantitative estimate of drug-likeness (QED) is 0.700. The third kappa shape index (κ3) is 6.42. The summed E-state index contributed by atoms with van der Waals surface area (Å²) in [5.41, 5.74) is 0. The van der Waals surface area contributed by atoms with Gasteiger partial charge in [0.1, 0.15) is 0 Å². The summed E-state index contributed by atoms with van der Waals surface area (Å²) in [6.45, 7) is -1.64. The number of carboxylic acids is 1. The number of hydrogen-bond donors (Lipinski definition) is 3. The Hall–Kier alpha value is -1.31. The Labute approximate surface area is 108 Å². The van der Waals surface area contributed by atoms with Crippen LogP contribution in [0, 0.1) is 5.92 Å². The molecule has 1 aliphatic carbocycles. The minimum atomic E-state index is -4.35. The zero-order chi connectivity index (χ0) is 14.5. The lowest BCUT2D eigenvalue weighted by molar-refractivity contribution is -0.143. The molecule has 1 aliphatic rings. The van der Waals surface area contributed by atoms with E-state index < -0.39 is 37.1 Å². The van der Waals surface area contributed by atoms with Crippen LogP contribution in [-0.2, 0) is 9.59 Å². The van der Waals surface area contributed by atoms with Crippen molar-refractivity contribution in [3.05, 3.63) is 0 Å². The number of amides is 1. The molecule has 0 aliphatic heterocycles. The Morgan fingerprint density at radius 1 is 1.26 bits per heavy atom. The van der Waals surface area contributed by atoms with Gasteiger partial charge in [-0.05, 0) is 19.3 Å². The number of nitrogens with one attached hydrogen (secondary N) is 2. The predicted molar refractivity (Wildman–Crippen MR) is 60.4 cm³/mol. The molecule has 1 rings (SSSR count).